The molecule has 1 aromatic carbocycles. The normalized spacial score (nSPS) is 15.8. The third-order valence-electron chi connectivity index (χ3n) is 4.52. The van der Waals surface area contributed by atoms with Crippen LogP contribution in [0, 0.1) is 0 Å². The molecule has 1 aliphatic carbocycles. The molecule has 23 heavy (non-hydrogen) atoms. The highest BCUT2D eigenvalue weighted by Crippen LogP contribution is 2.31. The Morgan fingerprint density at radius 1 is 1.09 bits per heavy atom. The van der Waals surface area contributed by atoms with Crippen molar-refractivity contribution in [1.82, 2.24) is 14.4 Å². The molecule has 0 bridgehead atoms. The number of nitrogens with one attached hydrogen (secondary N) is 1. The topological polar surface area (TPSA) is 62.5 Å². The molecule has 1 fully saturated rings. The standard InChI is InChI=1S/C18H20N4O/c23-15-8-6-13(7-9-15)17-18(20-14-4-2-1-3-5-14)22-11-10-19-12-16(22)21-17/h6-12,14,20,23H,1-5H2. The molecule has 2 heterocycles. The predicted octanol–water partition coefficient (Wildman–Crippen LogP) is 3.85. The van der Waals surface area contributed by atoms with Gasteiger partial charge < -0.3 is 10.4 Å². The molecule has 0 radical (unpaired) electrons. The summed E-state index contributed by atoms with van der Waals surface area (Å²) in [5.74, 6) is 1.28. The Kier molecular flexibility index (Phi) is 3.61. The van der Waals surface area contributed by atoms with Gasteiger partial charge in [-0.15, -0.1) is 0 Å². The fraction of sp³-hybridized carbons (Fsp3) is 0.333. The smallest absolute Gasteiger partial charge is 0.157 e. The molecule has 0 aliphatic heterocycles. The van der Waals surface area contributed by atoms with Gasteiger partial charge in [-0.2, -0.15) is 0 Å². The zero-order chi connectivity index (χ0) is 15.6. The minimum atomic E-state index is 0.265. The summed E-state index contributed by atoms with van der Waals surface area (Å²) in [6.45, 7) is 0. The number of aromatic nitrogens is 3. The number of phenols is 1. The maximum Gasteiger partial charge on any atom is 0.157 e. The van der Waals surface area contributed by atoms with Crippen LogP contribution in [-0.4, -0.2) is 25.5 Å². The van der Waals surface area contributed by atoms with Crippen molar-refractivity contribution >= 4 is 11.5 Å². The Labute approximate surface area is 135 Å². The van der Waals surface area contributed by atoms with Crippen LogP contribution < -0.4 is 5.32 Å². The Balaban J connectivity index is 1.79. The third kappa shape index (κ3) is 2.74. The summed E-state index contributed by atoms with van der Waals surface area (Å²) in [5.41, 5.74) is 2.72. The lowest BCUT2D eigenvalue weighted by atomic mass is 9.95. The average molecular weight is 308 g/mol. The molecule has 118 valence electrons. The number of nitrogens with zero attached hydrogens (tertiary/aromatic N) is 3. The van der Waals surface area contributed by atoms with Crippen LogP contribution in [0.15, 0.2) is 42.9 Å². The summed E-state index contributed by atoms with van der Waals surface area (Å²) in [7, 11) is 0. The molecule has 0 amide bonds. The van der Waals surface area contributed by atoms with Crippen molar-refractivity contribution in [2.24, 2.45) is 0 Å². The van der Waals surface area contributed by atoms with E-state index in [1.807, 2.05) is 18.3 Å². The fourth-order valence-electron chi connectivity index (χ4n) is 3.31. The molecule has 0 atom stereocenters. The molecule has 0 unspecified atom stereocenters. The Morgan fingerprint density at radius 3 is 2.65 bits per heavy atom. The summed E-state index contributed by atoms with van der Waals surface area (Å²) < 4.78 is 2.06. The third-order valence-corrected chi connectivity index (χ3v) is 4.52. The molecule has 4 rings (SSSR count). The second-order valence-electron chi connectivity index (χ2n) is 6.14. The number of rotatable bonds is 3. The fourth-order valence-corrected chi connectivity index (χ4v) is 3.31. The first-order valence-electron chi connectivity index (χ1n) is 8.19. The molecule has 5 nitrogen and oxygen atoms in total. The van der Waals surface area contributed by atoms with Crippen LogP contribution in [0.25, 0.3) is 16.9 Å². The van der Waals surface area contributed by atoms with Crippen LogP contribution in [0.3, 0.4) is 0 Å². The van der Waals surface area contributed by atoms with E-state index in [0.29, 0.717) is 6.04 Å². The SMILES string of the molecule is Oc1ccc(-c2nc3cnccn3c2NC2CCCCC2)cc1. The number of phenolic OH excluding ortho intramolecular Hbond substituents is 1. The molecular formula is C18H20N4O. The molecular weight excluding hydrogens is 288 g/mol. The second kappa shape index (κ2) is 5.91. The van der Waals surface area contributed by atoms with Gasteiger partial charge in [-0.25, -0.2) is 4.98 Å². The molecule has 1 saturated carbocycles. The van der Waals surface area contributed by atoms with Gasteiger partial charge in [0.25, 0.3) is 0 Å². The predicted molar refractivity (Wildman–Crippen MR) is 90.6 cm³/mol. The molecule has 2 N–H and O–H groups in total. The number of hydrogen-bond acceptors (Lipinski definition) is 4. The first-order valence-corrected chi connectivity index (χ1v) is 8.19. The summed E-state index contributed by atoms with van der Waals surface area (Å²) in [6, 6.07) is 7.68. The minimum absolute atomic E-state index is 0.265. The molecule has 0 saturated heterocycles. The summed E-state index contributed by atoms with van der Waals surface area (Å²) in [5, 5.41) is 13.2. The van der Waals surface area contributed by atoms with E-state index in [0.717, 1.165) is 22.7 Å². The van der Waals surface area contributed by atoms with Gasteiger partial charge in [-0.05, 0) is 37.1 Å². The lowest BCUT2D eigenvalue weighted by Gasteiger charge is -2.24. The van der Waals surface area contributed by atoms with E-state index in [1.54, 1.807) is 24.5 Å². The molecule has 0 spiro atoms. The van der Waals surface area contributed by atoms with Crippen LogP contribution >= 0.6 is 0 Å². The summed E-state index contributed by atoms with van der Waals surface area (Å²) in [6.07, 6.45) is 11.8. The van der Waals surface area contributed by atoms with Crippen molar-refractivity contribution in [3.63, 3.8) is 0 Å². The van der Waals surface area contributed by atoms with Gasteiger partial charge in [0, 0.05) is 24.0 Å². The monoisotopic (exact) mass is 308 g/mol. The lowest BCUT2D eigenvalue weighted by molar-refractivity contribution is 0.461. The van der Waals surface area contributed by atoms with E-state index < -0.39 is 0 Å². The highest BCUT2D eigenvalue weighted by Gasteiger charge is 2.19. The van der Waals surface area contributed by atoms with E-state index in [9.17, 15) is 5.11 Å². The van der Waals surface area contributed by atoms with Crippen molar-refractivity contribution in [2.45, 2.75) is 38.1 Å². The molecule has 3 aromatic rings. The Hall–Kier alpha value is -2.56. The number of hydrogen-bond donors (Lipinski definition) is 2. The molecule has 5 heteroatoms. The van der Waals surface area contributed by atoms with E-state index in [-0.39, 0.29) is 5.75 Å². The maximum absolute atomic E-state index is 9.52. The van der Waals surface area contributed by atoms with Crippen LogP contribution in [0.4, 0.5) is 5.82 Å². The number of fused-ring (bicyclic) bond motifs is 1. The first kappa shape index (κ1) is 14.1. The van der Waals surface area contributed by atoms with E-state index in [4.69, 9.17) is 4.98 Å². The van der Waals surface area contributed by atoms with E-state index in [2.05, 4.69) is 14.7 Å². The number of aromatic hydroxyl groups is 1. The van der Waals surface area contributed by atoms with Gasteiger partial charge in [0.2, 0.25) is 0 Å². The second-order valence-corrected chi connectivity index (χ2v) is 6.14. The highest BCUT2D eigenvalue weighted by atomic mass is 16.3. The maximum atomic E-state index is 9.52. The van der Waals surface area contributed by atoms with Gasteiger partial charge in [0.05, 0.1) is 6.20 Å². The molecule has 1 aliphatic rings. The quantitative estimate of drug-likeness (QED) is 0.771. The van der Waals surface area contributed by atoms with E-state index >= 15 is 0 Å². The largest absolute Gasteiger partial charge is 0.508 e. The zero-order valence-electron chi connectivity index (χ0n) is 12.9. The van der Waals surface area contributed by atoms with Gasteiger partial charge in [-0.3, -0.25) is 9.38 Å². The minimum Gasteiger partial charge on any atom is -0.508 e. The van der Waals surface area contributed by atoms with Crippen LogP contribution in [0.2, 0.25) is 0 Å². The molecule has 2 aromatic heterocycles. The number of anilines is 1. The van der Waals surface area contributed by atoms with Gasteiger partial charge in [0.1, 0.15) is 17.3 Å². The van der Waals surface area contributed by atoms with Crippen molar-refractivity contribution in [2.75, 3.05) is 5.32 Å². The van der Waals surface area contributed by atoms with Crippen LogP contribution in [0.1, 0.15) is 32.1 Å². The highest BCUT2D eigenvalue weighted by molar-refractivity contribution is 5.76. The van der Waals surface area contributed by atoms with Crippen molar-refractivity contribution < 1.29 is 5.11 Å². The van der Waals surface area contributed by atoms with Crippen molar-refractivity contribution in [1.29, 1.82) is 0 Å². The first-order chi connectivity index (χ1) is 11.3. The van der Waals surface area contributed by atoms with Crippen LogP contribution in [0.5, 0.6) is 5.75 Å². The Morgan fingerprint density at radius 2 is 1.87 bits per heavy atom. The number of imidazole rings is 1. The van der Waals surface area contributed by atoms with Gasteiger partial charge >= 0.3 is 0 Å². The summed E-state index contributed by atoms with van der Waals surface area (Å²) in [4.78, 5) is 8.91. The number of benzene rings is 1. The lowest BCUT2D eigenvalue weighted by Crippen LogP contribution is -2.23. The summed E-state index contributed by atoms with van der Waals surface area (Å²) >= 11 is 0. The zero-order valence-corrected chi connectivity index (χ0v) is 12.9. The average Bonchev–Trinajstić information content (AvgIpc) is 2.95. The van der Waals surface area contributed by atoms with E-state index in [1.165, 1.54) is 32.1 Å². The van der Waals surface area contributed by atoms with Crippen molar-refractivity contribution in [3.05, 3.63) is 42.9 Å². The van der Waals surface area contributed by atoms with Gasteiger partial charge in [-0.1, -0.05) is 19.3 Å². The van der Waals surface area contributed by atoms with Crippen molar-refractivity contribution in [3.8, 4) is 17.0 Å². The Bertz CT molecular complexity index is 804. The van der Waals surface area contributed by atoms with Gasteiger partial charge in [0.15, 0.2) is 5.65 Å². The van der Waals surface area contributed by atoms with Crippen LogP contribution in [-0.2, 0) is 0 Å².